The lowest BCUT2D eigenvalue weighted by Gasteiger charge is -2.28. The van der Waals surface area contributed by atoms with Gasteiger partial charge < -0.3 is 33.0 Å². The number of phosphoric ester groups is 1. The number of hydrogen-bond donors (Lipinski definition) is 1. The van der Waals surface area contributed by atoms with Gasteiger partial charge in [0.05, 0.1) is 33.9 Å². The monoisotopic (exact) mass is 846 g/mol. The lowest BCUT2D eigenvalue weighted by atomic mass is 10.1. The number of aliphatic hydroxyl groups is 1. The highest BCUT2D eigenvalue weighted by Gasteiger charge is 2.21. The number of carbonyl (C=O) groups excluding carboxylic acids is 2. The minimum Gasteiger partial charge on any atom is -0.756 e. The van der Waals surface area contributed by atoms with Crippen LogP contribution in [0.2, 0.25) is 0 Å². The molecule has 0 aliphatic carbocycles. The van der Waals surface area contributed by atoms with Crippen molar-refractivity contribution in [3.05, 3.63) is 97.2 Å². The average molecular weight is 846 g/mol. The van der Waals surface area contributed by atoms with Gasteiger partial charge >= 0.3 is 11.9 Å². The van der Waals surface area contributed by atoms with Crippen LogP contribution in [-0.2, 0) is 32.7 Å². The number of rotatable bonds is 38. The third-order valence-corrected chi connectivity index (χ3v) is 9.65. The van der Waals surface area contributed by atoms with Crippen LogP contribution in [0, 0.1) is 0 Å². The van der Waals surface area contributed by atoms with Gasteiger partial charge in [0.15, 0.2) is 6.10 Å². The molecule has 1 N–H and O–H groups in total. The summed E-state index contributed by atoms with van der Waals surface area (Å²) in [4.78, 5) is 37.5. The largest absolute Gasteiger partial charge is 0.756 e. The molecule has 59 heavy (non-hydrogen) atoms. The Morgan fingerprint density at radius 3 is 1.86 bits per heavy atom. The van der Waals surface area contributed by atoms with Crippen molar-refractivity contribution in [3.8, 4) is 0 Å². The molecule has 0 bridgehead atoms. The van der Waals surface area contributed by atoms with E-state index < -0.39 is 38.6 Å². The van der Waals surface area contributed by atoms with Crippen LogP contribution in [0.3, 0.4) is 0 Å². The Morgan fingerprint density at radius 2 is 1.22 bits per heavy atom. The Hall–Kier alpha value is -3.11. The molecule has 0 saturated heterocycles. The van der Waals surface area contributed by atoms with Crippen molar-refractivity contribution in [2.45, 2.75) is 148 Å². The predicted octanol–water partition coefficient (Wildman–Crippen LogP) is 10.9. The first kappa shape index (κ1) is 55.9. The van der Waals surface area contributed by atoms with E-state index in [1.54, 1.807) is 18.2 Å². The number of quaternary nitrogens is 1. The van der Waals surface area contributed by atoms with Gasteiger partial charge in [0, 0.05) is 12.8 Å². The molecule has 3 atom stereocenters. The van der Waals surface area contributed by atoms with Crippen LogP contribution in [0.5, 0.6) is 0 Å². The fourth-order valence-electron chi connectivity index (χ4n) is 5.20. The standard InChI is InChI=1S/C48H80NO9P/c1-6-8-10-12-14-16-18-20-21-23-25-27-29-31-35-39-47(51)55-43-46(44-57-59(53,54)56-42-41-49(3,4)5)58-48(52)40-36-32-34-38-45(50)37-33-30-28-26-24-22-19-17-15-13-11-9-7-2/h9,11,14-17,20-22,24,28,30,32-34,37,45-46,50H,6-8,10,12-13,18-19,23,25-27,29,31,35-36,38-44H2,1-5H3/b11-9-,16-14-,17-15-,21-20-,24-22-,30-28-,34-32-,37-33-/t45?,46-/m1/s1. The molecule has 0 rings (SSSR count). The molecule has 0 saturated carbocycles. The summed E-state index contributed by atoms with van der Waals surface area (Å²) in [5, 5.41) is 10.2. The molecule has 0 aromatic carbocycles. The molecule has 0 fully saturated rings. The number of hydrogen-bond acceptors (Lipinski definition) is 9. The number of unbranched alkanes of at least 4 members (excludes halogenated alkanes) is 8. The van der Waals surface area contributed by atoms with E-state index in [0.29, 0.717) is 30.3 Å². The summed E-state index contributed by atoms with van der Waals surface area (Å²) >= 11 is 0. The van der Waals surface area contributed by atoms with E-state index >= 15 is 0 Å². The third kappa shape index (κ3) is 42.8. The van der Waals surface area contributed by atoms with Gasteiger partial charge in [-0.05, 0) is 77.0 Å². The van der Waals surface area contributed by atoms with Gasteiger partial charge in [0.25, 0.3) is 7.82 Å². The van der Waals surface area contributed by atoms with E-state index in [2.05, 4.69) is 74.6 Å². The second-order valence-corrected chi connectivity index (χ2v) is 16.9. The van der Waals surface area contributed by atoms with Crippen LogP contribution < -0.4 is 4.89 Å². The van der Waals surface area contributed by atoms with E-state index in [0.717, 1.165) is 70.6 Å². The maximum Gasteiger partial charge on any atom is 0.306 e. The first-order valence-corrected chi connectivity index (χ1v) is 23.5. The first-order valence-electron chi connectivity index (χ1n) is 22.1. The van der Waals surface area contributed by atoms with E-state index in [9.17, 15) is 24.2 Å². The molecule has 0 aliphatic rings. The summed E-state index contributed by atoms with van der Waals surface area (Å²) in [5.41, 5.74) is 0. The third-order valence-electron chi connectivity index (χ3n) is 8.68. The van der Waals surface area contributed by atoms with Gasteiger partial charge in [0.1, 0.15) is 19.8 Å². The molecule has 11 heteroatoms. The summed E-state index contributed by atoms with van der Waals surface area (Å²) in [6.07, 6.45) is 47.5. The van der Waals surface area contributed by atoms with Gasteiger partial charge in [0.2, 0.25) is 0 Å². The molecular formula is C48H80NO9P. The predicted molar refractivity (Wildman–Crippen MR) is 241 cm³/mol. The van der Waals surface area contributed by atoms with Gasteiger partial charge in [-0.3, -0.25) is 14.2 Å². The number of aliphatic hydroxyl groups excluding tert-OH is 1. The van der Waals surface area contributed by atoms with Crippen LogP contribution in [0.1, 0.15) is 136 Å². The minimum atomic E-state index is -4.68. The lowest BCUT2D eigenvalue weighted by Crippen LogP contribution is -2.37. The van der Waals surface area contributed by atoms with E-state index in [-0.39, 0.29) is 26.1 Å². The zero-order valence-corrected chi connectivity index (χ0v) is 38.2. The zero-order chi connectivity index (χ0) is 43.7. The van der Waals surface area contributed by atoms with Gasteiger partial charge in [-0.2, -0.15) is 0 Å². The van der Waals surface area contributed by atoms with Crippen LogP contribution in [0.4, 0.5) is 0 Å². The maximum atomic E-state index is 12.7. The van der Waals surface area contributed by atoms with Crippen molar-refractivity contribution in [1.29, 1.82) is 0 Å². The second-order valence-electron chi connectivity index (χ2n) is 15.5. The molecule has 0 heterocycles. The quantitative estimate of drug-likeness (QED) is 0.0161. The molecule has 0 radical (unpaired) electrons. The van der Waals surface area contributed by atoms with Crippen molar-refractivity contribution < 1.29 is 47.2 Å². The highest BCUT2D eigenvalue weighted by atomic mass is 31.2. The van der Waals surface area contributed by atoms with Gasteiger partial charge in [-0.15, -0.1) is 0 Å². The number of carbonyl (C=O) groups is 2. The van der Waals surface area contributed by atoms with Crippen molar-refractivity contribution in [2.24, 2.45) is 0 Å². The van der Waals surface area contributed by atoms with Crippen molar-refractivity contribution in [2.75, 3.05) is 47.5 Å². The SMILES string of the molecule is CC/C=C\C/C=C\C/C=C\C/C=C\C=C/C(O)C/C=C\CCC(=O)O[C@H](COC(=O)CCCCCCC/C=C\C/C=C\CCCCC)COP(=O)([O-])OCC[N+](C)(C)C. The smallest absolute Gasteiger partial charge is 0.306 e. The van der Waals surface area contributed by atoms with Crippen LogP contribution in [0.15, 0.2) is 97.2 Å². The fourth-order valence-corrected chi connectivity index (χ4v) is 5.93. The van der Waals surface area contributed by atoms with E-state index in [4.69, 9.17) is 18.5 Å². The number of esters is 2. The Labute approximate surface area is 358 Å². The average Bonchev–Trinajstić information content (AvgIpc) is 3.18. The molecule has 0 amide bonds. The highest BCUT2D eigenvalue weighted by molar-refractivity contribution is 7.45. The van der Waals surface area contributed by atoms with Crippen LogP contribution in [-0.4, -0.2) is 81.2 Å². The summed E-state index contributed by atoms with van der Waals surface area (Å²) in [5.74, 6) is -1.04. The van der Waals surface area contributed by atoms with Crippen molar-refractivity contribution in [1.82, 2.24) is 0 Å². The summed E-state index contributed by atoms with van der Waals surface area (Å²) < 4.78 is 33.7. The summed E-state index contributed by atoms with van der Waals surface area (Å²) in [6.45, 7) is 3.83. The van der Waals surface area contributed by atoms with Crippen molar-refractivity contribution in [3.63, 3.8) is 0 Å². The molecule has 0 aromatic rings. The fraction of sp³-hybridized carbons (Fsp3) is 0.625. The Bertz CT molecular complexity index is 1340. The summed E-state index contributed by atoms with van der Waals surface area (Å²) in [6, 6.07) is 0. The van der Waals surface area contributed by atoms with Gasteiger partial charge in [-0.1, -0.05) is 143 Å². The topological polar surface area (TPSA) is 131 Å². The molecule has 336 valence electrons. The van der Waals surface area contributed by atoms with E-state index in [1.807, 2.05) is 39.4 Å². The molecule has 0 aliphatic heterocycles. The van der Waals surface area contributed by atoms with E-state index in [1.165, 1.54) is 19.3 Å². The highest BCUT2D eigenvalue weighted by Crippen LogP contribution is 2.38. The first-order chi connectivity index (χ1) is 28.4. The number of phosphoric acid groups is 1. The lowest BCUT2D eigenvalue weighted by molar-refractivity contribution is -0.870. The van der Waals surface area contributed by atoms with Gasteiger partial charge in [-0.25, -0.2) is 0 Å². The van der Waals surface area contributed by atoms with Crippen LogP contribution in [0.25, 0.3) is 0 Å². The second kappa shape index (κ2) is 39.1. The number of nitrogens with zero attached hydrogens (tertiary/aromatic N) is 1. The Kier molecular flexibility index (Phi) is 37.0. The summed E-state index contributed by atoms with van der Waals surface area (Å²) in [7, 11) is 1.03. The normalized spacial score (nSPS) is 15.0. The molecule has 2 unspecified atom stereocenters. The Morgan fingerprint density at radius 1 is 0.644 bits per heavy atom. The maximum absolute atomic E-state index is 12.7. The molecule has 10 nitrogen and oxygen atoms in total. The molecular weight excluding hydrogens is 766 g/mol. The van der Waals surface area contributed by atoms with Crippen molar-refractivity contribution >= 4 is 19.8 Å². The minimum absolute atomic E-state index is 0.00976. The number of likely N-dealkylation sites (N-methyl/N-ethyl adjacent to an activating group) is 1. The molecule has 0 aromatic heterocycles. The number of allylic oxidation sites excluding steroid dienone is 14. The van der Waals surface area contributed by atoms with Crippen LogP contribution >= 0.6 is 7.82 Å². The zero-order valence-electron chi connectivity index (χ0n) is 37.3. The molecule has 0 spiro atoms. The number of ether oxygens (including phenoxy) is 2. The Balaban J connectivity index is 4.63.